The van der Waals surface area contributed by atoms with Gasteiger partial charge in [-0.15, -0.1) is 41.3 Å². The monoisotopic (exact) mass is 741 g/mol. The van der Waals surface area contributed by atoms with Crippen molar-refractivity contribution in [2.45, 2.75) is 33.1 Å². The fraction of sp³-hybridized carbons (Fsp3) is 0.135. The number of rotatable bonds is 5. The summed E-state index contributed by atoms with van der Waals surface area (Å²) < 4.78 is 10.5. The molecule has 3 heterocycles. The van der Waals surface area contributed by atoms with Crippen LogP contribution in [0.25, 0.3) is 44.4 Å². The summed E-state index contributed by atoms with van der Waals surface area (Å²) in [5.41, 5.74) is 7.06. The summed E-state index contributed by atoms with van der Waals surface area (Å²) in [5, 5.41) is 6.85. The Hall–Kier alpha value is -4.47. The van der Waals surface area contributed by atoms with Gasteiger partial charge in [0, 0.05) is 29.4 Å². The first-order valence-corrected chi connectivity index (χ1v) is 14.1. The van der Waals surface area contributed by atoms with Crippen LogP contribution in [0.15, 0.2) is 109 Å². The molecule has 0 radical (unpaired) electrons. The first kappa shape index (κ1) is 28.6. The summed E-state index contributed by atoms with van der Waals surface area (Å²) in [7, 11) is 0. The molecule has 214 valence electrons. The fourth-order valence-electron chi connectivity index (χ4n) is 5.35. The summed E-state index contributed by atoms with van der Waals surface area (Å²) in [6.07, 6.45) is 3.83. The Bertz CT molecular complexity index is 2070. The van der Waals surface area contributed by atoms with Crippen LogP contribution in [0.1, 0.15) is 32.0 Å². The van der Waals surface area contributed by atoms with E-state index in [1.807, 2.05) is 60.4 Å². The van der Waals surface area contributed by atoms with E-state index in [2.05, 4.69) is 103 Å². The summed E-state index contributed by atoms with van der Waals surface area (Å²) in [6, 6.07) is 40.1. The number of pyridine rings is 1. The van der Waals surface area contributed by atoms with E-state index in [9.17, 15) is 0 Å². The molecule has 0 saturated heterocycles. The van der Waals surface area contributed by atoms with Gasteiger partial charge in [-0.05, 0) is 58.8 Å². The average Bonchev–Trinajstić information content (AvgIpc) is 3.58. The quantitative estimate of drug-likeness (QED) is 0.166. The van der Waals surface area contributed by atoms with E-state index in [0.29, 0.717) is 11.5 Å². The van der Waals surface area contributed by atoms with Gasteiger partial charge in [-0.25, -0.2) is 4.98 Å². The van der Waals surface area contributed by atoms with Gasteiger partial charge in [0.15, 0.2) is 0 Å². The number of fused-ring (bicyclic) bond motifs is 3. The van der Waals surface area contributed by atoms with Crippen molar-refractivity contribution in [2.75, 3.05) is 0 Å². The smallest absolute Gasteiger partial charge is 0.509 e. The summed E-state index contributed by atoms with van der Waals surface area (Å²) in [6.45, 7) is 8.63. The molecule has 6 heteroatoms. The third kappa shape index (κ3) is 5.53. The van der Waals surface area contributed by atoms with Crippen LogP contribution in [-0.4, -0.2) is 19.3 Å². The minimum Gasteiger partial charge on any atom is -0.509 e. The van der Waals surface area contributed by atoms with Gasteiger partial charge in [0.05, 0.1) is 5.69 Å². The molecule has 0 aliphatic carbocycles. The Morgan fingerprint density at radius 2 is 1.53 bits per heavy atom. The molecular weight excluding hydrogens is 712 g/mol. The minimum atomic E-state index is -0.00113. The molecule has 0 aliphatic heterocycles. The number of nitrogens with zero attached hydrogens (tertiary/aromatic N) is 4. The molecule has 5 nitrogen and oxygen atoms in total. The molecule has 0 fully saturated rings. The molecule has 0 spiro atoms. The third-order valence-corrected chi connectivity index (χ3v) is 7.52. The topological polar surface area (TPSA) is 44.9 Å². The first-order valence-electron chi connectivity index (χ1n) is 14.1. The van der Waals surface area contributed by atoms with Gasteiger partial charge in [-0.3, -0.25) is 4.68 Å². The third-order valence-electron chi connectivity index (χ3n) is 7.52. The van der Waals surface area contributed by atoms with Crippen LogP contribution in [-0.2, 0) is 26.5 Å². The Morgan fingerprint density at radius 3 is 2.30 bits per heavy atom. The molecular formula is C37H30N4OPt. The predicted octanol–water partition coefficient (Wildman–Crippen LogP) is 9.03. The second kappa shape index (κ2) is 11.3. The van der Waals surface area contributed by atoms with Crippen LogP contribution in [0, 0.1) is 19.1 Å². The van der Waals surface area contributed by atoms with Gasteiger partial charge in [-0.1, -0.05) is 74.8 Å². The molecule has 7 aromatic rings. The minimum absolute atomic E-state index is 0. The predicted molar refractivity (Wildman–Crippen MR) is 169 cm³/mol. The van der Waals surface area contributed by atoms with Crippen molar-refractivity contribution >= 4 is 21.8 Å². The van der Waals surface area contributed by atoms with Gasteiger partial charge in [0.25, 0.3) is 0 Å². The fourth-order valence-corrected chi connectivity index (χ4v) is 5.35. The average molecular weight is 742 g/mol. The first-order chi connectivity index (χ1) is 20.3. The van der Waals surface area contributed by atoms with Crippen LogP contribution in [0.2, 0.25) is 0 Å². The van der Waals surface area contributed by atoms with Crippen molar-refractivity contribution < 1.29 is 25.8 Å². The van der Waals surface area contributed by atoms with Crippen LogP contribution >= 0.6 is 0 Å². The molecule has 0 bridgehead atoms. The summed E-state index contributed by atoms with van der Waals surface area (Å²) in [4.78, 5) is 4.79. The van der Waals surface area contributed by atoms with Crippen LogP contribution in [0.5, 0.6) is 11.5 Å². The Balaban J connectivity index is 0.00000329. The summed E-state index contributed by atoms with van der Waals surface area (Å²) in [5.74, 6) is 2.05. The second-order valence-corrected chi connectivity index (χ2v) is 11.6. The normalized spacial score (nSPS) is 11.5. The maximum Gasteiger partial charge on any atom is 2.00 e. The van der Waals surface area contributed by atoms with E-state index >= 15 is 0 Å². The number of ether oxygens (including phenoxy) is 1. The van der Waals surface area contributed by atoms with E-state index in [1.54, 1.807) is 0 Å². The number of hydrogen-bond donors (Lipinski definition) is 0. The molecule has 0 atom stereocenters. The molecule has 0 saturated carbocycles. The molecule has 0 amide bonds. The molecule has 3 aromatic heterocycles. The van der Waals surface area contributed by atoms with Crippen molar-refractivity contribution in [1.82, 2.24) is 19.3 Å². The number of hydrogen-bond acceptors (Lipinski definition) is 3. The Morgan fingerprint density at radius 1 is 0.744 bits per heavy atom. The van der Waals surface area contributed by atoms with E-state index in [-0.39, 0.29) is 26.5 Å². The van der Waals surface area contributed by atoms with Crippen LogP contribution in [0.3, 0.4) is 0 Å². The Kier molecular flexibility index (Phi) is 7.54. The van der Waals surface area contributed by atoms with E-state index < -0.39 is 0 Å². The van der Waals surface area contributed by atoms with Crippen molar-refractivity contribution in [3.8, 4) is 34.1 Å². The standard InChI is InChI=1S/C37H30N4O.Pt/c1-25-17-19-40(39-25)29-20-27(26-10-6-5-7-11-26)21-31(23-29)42-30-14-15-33-32-12-8-9-13-34(32)41(35(33)24-30)36-22-28(16-18-38-36)37(2,3)4;/h5-22H,1-4H3;/q-2;+2. The maximum atomic E-state index is 6.50. The van der Waals surface area contributed by atoms with Crippen molar-refractivity contribution in [2.24, 2.45) is 0 Å². The summed E-state index contributed by atoms with van der Waals surface area (Å²) >= 11 is 0. The molecule has 0 aliphatic rings. The number of para-hydroxylation sites is 1. The van der Waals surface area contributed by atoms with E-state index in [1.165, 1.54) is 5.56 Å². The molecule has 0 unspecified atom stereocenters. The zero-order valence-electron chi connectivity index (χ0n) is 24.4. The van der Waals surface area contributed by atoms with Crippen LogP contribution < -0.4 is 4.74 Å². The van der Waals surface area contributed by atoms with Crippen molar-refractivity contribution in [1.29, 1.82) is 0 Å². The molecule has 7 rings (SSSR count). The van der Waals surface area contributed by atoms with Gasteiger partial charge in [-0.2, -0.15) is 11.2 Å². The van der Waals surface area contributed by atoms with Gasteiger partial charge < -0.3 is 9.30 Å². The zero-order chi connectivity index (χ0) is 28.8. The van der Waals surface area contributed by atoms with Crippen molar-refractivity contribution in [3.05, 3.63) is 133 Å². The maximum absolute atomic E-state index is 6.50. The van der Waals surface area contributed by atoms with Gasteiger partial charge in [0.1, 0.15) is 5.82 Å². The number of aromatic nitrogens is 4. The number of benzene rings is 4. The van der Waals surface area contributed by atoms with Crippen molar-refractivity contribution in [3.63, 3.8) is 0 Å². The molecule has 43 heavy (non-hydrogen) atoms. The largest absolute Gasteiger partial charge is 2.00 e. The van der Waals surface area contributed by atoms with E-state index in [4.69, 9.17) is 9.72 Å². The Labute approximate surface area is 266 Å². The van der Waals surface area contributed by atoms with E-state index in [0.717, 1.165) is 50.1 Å². The van der Waals surface area contributed by atoms with Gasteiger partial charge >= 0.3 is 21.1 Å². The van der Waals surface area contributed by atoms with Crippen LogP contribution in [0.4, 0.5) is 0 Å². The number of aryl methyl sites for hydroxylation is 1. The molecule has 0 N–H and O–H groups in total. The SMILES string of the molecule is Cc1ccn(-c2[c-]c(Oc3[c-]c4c(cc3)c3ccccc3n4-c3cc(C(C)(C)C)ccn3)cc(-c3ccccc3)c2)n1.[Pt+2]. The zero-order valence-corrected chi connectivity index (χ0v) is 26.7. The molecule has 4 aromatic carbocycles. The second-order valence-electron chi connectivity index (χ2n) is 11.6. The van der Waals surface area contributed by atoms with Gasteiger partial charge in [0.2, 0.25) is 0 Å².